The molecule has 1 unspecified atom stereocenters. The topological polar surface area (TPSA) is 93.4 Å². The van der Waals surface area contributed by atoms with Crippen LogP contribution in [0.3, 0.4) is 0 Å². The van der Waals surface area contributed by atoms with Crippen LogP contribution < -0.4 is 5.14 Å². The van der Waals surface area contributed by atoms with Crippen LogP contribution in [0.5, 0.6) is 0 Å². The van der Waals surface area contributed by atoms with Crippen LogP contribution in [0.1, 0.15) is 22.5 Å². The maximum Gasteiger partial charge on any atom is 0.253 e. The maximum atomic E-state index is 12.6. The van der Waals surface area contributed by atoms with E-state index in [4.69, 9.17) is 5.14 Å². The Morgan fingerprint density at radius 2 is 2.13 bits per heavy atom. The van der Waals surface area contributed by atoms with Gasteiger partial charge in [0, 0.05) is 29.7 Å². The van der Waals surface area contributed by atoms with Crippen LogP contribution in [-0.4, -0.2) is 43.1 Å². The first-order chi connectivity index (χ1) is 10.8. The molecule has 2 N–H and O–H groups in total. The van der Waals surface area contributed by atoms with Crippen LogP contribution in [0, 0.1) is 12.8 Å². The van der Waals surface area contributed by atoms with E-state index in [2.05, 4.69) is 4.98 Å². The molecule has 0 aliphatic carbocycles. The molecule has 1 aliphatic rings. The lowest BCUT2D eigenvalue weighted by Crippen LogP contribution is -2.30. The smallest absolute Gasteiger partial charge is 0.253 e. The van der Waals surface area contributed by atoms with Crippen LogP contribution in [-0.2, 0) is 10.0 Å². The predicted molar refractivity (Wildman–Crippen MR) is 88.5 cm³/mol. The molecule has 1 saturated heterocycles. The van der Waals surface area contributed by atoms with E-state index in [1.54, 1.807) is 11.0 Å². The summed E-state index contributed by atoms with van der Waals surface area (Å²) in [6.45, 7) is 2.91. The summed E-state index contributed by atoms with van der Waals surface area (Å²) < 4.78 is 22.4. The highest BCUT2D eigenvalue weighted by molar-refractivity contribution is 7.89. The zero-order chi connectivity index (χ0) is 16.6. The first-order valence-electron chi connectivity index (χ1n) is 7.49. The van der Waals surface area contributed by atoms with Gasteiger partial charge in [-0.1, -0.05) is 6.07 Å². The highest BCUT2D eigenvalue weighted by Crippen LogP contribution is 2.21. The van der Waals surface area contributed by atoms with Crippen LogP contribution in [0.15, 0.2) is 30.3 Å². The van der Waals surface area contributed by atoms with Gasteiger partial charge in [0.2, 0.25) is 10.0 Å². The molecule has 23 heavy (non-hydrogen) atoms. The number of aromatic nitrogens is 1. The van der Waals surface area contributed by atoms with Crippen molar-refractivity contribution in [3.63, 3.8) is 0 Å². The molecular weight excluding hydrogens is 314 g/mol. The van der Waals surface area contributed by atoms with Crippen molar-refractivity contribution in [3.05, 3.63) is 41.6 Å². The van der Waals surface area contributed by atoms with Gasteiger partial charge in [-0.2, -0.15) is 0 Å². The molecule has 2 heterocycles. The van der Waals surface area contributed by atoms with E-state index in [-0.39, 0.29) is 17.6 Å². The van der Waals surface area contributed by atoms with Gasteiger partial charge in [-0.05, 0) is 43.5 Å². The SMILES string of the molecule is Cc1ccc2cc(C(=O)N3CCC(CS(N)(=O)=O)C3)ccc2n1. The second-order valence-electron chi connectivity index (χ2n) is 6.10. The van der Waals surface area contributed by atoms with E-state index >= 15 is 0 Å². The molecule has 0 bridgehead atoms. The summed E-state index contributed by atoms with van der Waals surface area (Å²) in [5.41, 5.74) is 2.39. The Labute approximate surface area is 135 Å². The fourth-order valence-corrected chi connectivity index (χ4v) is 3.95. The Morgan fingerprint density at radius 3 is 2.87 bits per heavy atom. The number of nitrogens with two attached hydrogens (primary N) is 1. The van der Waals surface area contributed by atoms with Crippen molar-refractivity contribution in [2.24, 2.45) is 11.1 Å². The van der Waals surface area contributed by atoms with Crippen LogP contribution >= 0.6 is 0 Å². The molecule has 1 fully saturated rings. The first kappa shape index (κ1) is 15.9. The molecule has 7 heteroatoms. The number of carbonyl (C=O) groups excluding carboxylic acids is 1. The Morgan fingerprint density at radius 1 is 1.35 bits per heavy atom. The highest BCUT2D eigenvalue weighted by atomic mass is 32.2. The number of sulfonamides is 1. The first-order valence-corrected chi connectivity index (χ1v) is 9.20. The highest BCUT2D eigenvalue weighted by Gasteiger charge is 2.29. The third-order valence-corrected chi connectivity index (χ3v) is 5.05. The molecule has 1 aromatic heterocycles. The normalized spacial score (nSPS) is 18.5. The number of rotatable bonds is 3. The van der Waals surface area contributed by atoms with Crippen molar-refractivity contribution >= 4 is 26.8 Å². The van der Waals surface area contributed by atoms with E-state index in [1.807, 2.05) is 31.2 Å². The number of hydrogen-bond donors (Lipinski definition) is 1. The third kappa shape index (κ3) is 3.68. The number of hydrogen-bond acceptors (Lipinski definition) is 4. The lowest BCUT2D eigenvalue weighted by Gasteiger charge is -2.16. The number of amides is 1. The fraction of sp³-hybridized carbons (Fsp3) is 0.375. The van der Waals surface area contributed by atoms with Gasteiger partial charge in [-0.15, -0.1) is 0 Å². The molecule has 3 rings (SSSR count). The number of benzene rings is 1. The maximum absolute atomic E-state index is 12.6. The van der Waals surface area contributed by atoms with Crippen molar-refractivity contribution in [1.82, 2.24) is 9.88 Å². The van der Waals surface area contributed by atoms with E-state index in [9.17, 15) is 13.2 Å². The fourth-order valence-electron chi connectivity index (χ4n) is 3.02. The van der Waals surface area contributed by atoms with E-state index in [0.29, 0.717) is 25.1 Å². The number of aryl methyl sites for hydroxylation is 1. The van der Waals surface area contributed by atoms with Crippen LogP contribution in [0.25, 0.3) is 10.9 Å². The summed E-state index contributed by atoms with van der Waals surface area (Å²) in [7, 11) is -3.50. The number of pyridine rings is 1. The summed E-state index contributed by atoms with van der Waals surface area (Å²) >= 11 is 0. The molecule has 0 spiro atoms. The van der Waals surface area contributed by atoms with Gasteiger partial charge in [0.15, 0.2) is 0 Å². The number of primary sulfonamides is 1. The summed E-state index contributed by atoms with van der Waals surface area (Å²) in [5, 5.41) is 6.00. The molecule has 0 radical (unpaired) electrons. The molecule has 122 valence electrons. The summed E-state index contributed by atoms with van der Waals surface area (Å²) in [5.74, 6) is -0.236. The van der Waals surface area contributed by atoms with Gasteiger partial charge < -0.3 is 4.90 Å². The van der Waals surface area contributed by atoms with E-state index < -0.39 is 10.0 Å². The summed E-state index contributed by atoms with van der Waals surface area (Å²) in [6, 6.07) is 9.30. The number of nitrogens with zero attached hydrogens (tertiary/aromatic N) is 2. The van der Waals surface area contributed by atoms with Crippen molar-refractivity contribution in [3.8, 4) is 0 Å². The molecule has 1 aliphatic heterocycles. The molecule has 1 atom stereocenters. The van der Waals surface area contributed by atoms with E-state index in [0.717, 1.165) is 16.6 Å². The van der Waals surface area contributed by atoms with Crippen molar-refractivity contribution in [1.29, 1.82) is 0 Å². The predicted octanol–water partition coefficient (Wildman–Crippen LogP) is 1.29. The van der Waals surface area contributed by atoms with Gasteiger partial charge >= 0.3 is 0 Å². The Bertz CT molecular complexity index is 864. The minimum Gasteiger partial charge on any atom is -0.338 e. The van der Waals surface area contributed by atoms with E-state index in [1.165, 1.54) is 0 Å². The standard InChI is InChI=1S/C16H19N3O3S/c1-11-2-3-13-8-14(4-5-15(13)18-11)16(20)19-7-6-12(9-19)10-23(17,21)22/h2-5,8,12H,6-7,9-10H2,1H3,(H2,17,21,22). The minimum atomic E-state index is -3.50. The average molecular weight is 333 g/mol. The summed E-state index contributed by atoms with van der Waals surface area (Å²) in [6.07, 6.45) is 0.663. The Kier molecular flexibility index (Phi) is 4.08. The lowest BCUT2D eigenvalue weighted by atomic mass is 10.1. The quantitative estimate of drug-likeness (QED) is 0.916. The van der Waals surface area contributed by atoms with Gasteiger partial charge in [0.25, 0.3) is 5.91 Å². The number of likely N-dealkylation sites (tertiary alicyclic amines) is 1. The summed E-state index contributed by atoms with van der Waals surface area (Å²) in [4.78, 5) is 18.7. The molecule has 1 amide bonds. The van der Waals surface area contributed by atoms with Crippen LogP contribution in [0.2, 0.25) is 0 Å². The number of fused-ring (bicyclic) bond motifs is 1. The van der Waals surface area contributed by atoms with Gasteiger partial charge in [-0.3, -0.25) is 9.78 Å². The molecule has 1 aromatic carbocycles. The molecule has 6 nitrogen and oxygen atoms in total. The third-order valence-electron chi connectivity index (χ3n) is 4.12. The zero-order valence-electron chi connectivity index (χ0n) is 12.9. The molecule has 0 saturated carbocycles. The Balaban J connectivity index is 1.77. The lowest BCUT2D eigenvalue weighted by molar-refractivity contribution is 0.0788. The molecular formula is C16H19N3O3S. The second kappa shape index (κ2) is 5.90. The van der Waals surface area contributed by atoms with Crippen molar-refractivity contribution < 1.29 is 13.2 Å². The van der Waals surface area contributed by atoms with Crippen LogP contribution in [0.4, 0.5) is 0 Å². The van der Waals surface area contributed by atoms with Gasteiger partial charge in [-0.25, -0.2) is 13.6 Å². The number of carbonyl (C=O) groups is 1. The van der Waals surface area contributed by atoms with Crippen molar-refractivity contribution in [2.75, 3.05) is 18.8 Å². The monoisotopic (exact) mass is 333 g/mol. The zero-order valence-corrected chi connectivity index (χ0v) is 13.7. The minimum absolute atomic E-state index is 0.0717. The molecule has 2 aromatic rings. The second-order valence-corrected chi connectivity index (χ2v) is 7.75. The van der Waals surface area contributed by atoms with Gasteiger partial charge in [0.1, 0.15) is 0 Å². The largest absolute Gasteiger partial charge is 0.338 e. The van der Waals surface area contributed by atoms with Crippen molar-refractivity contribution in [2.45, 2.75) is 13.3 Å². The van der Waals surface area contributed by atoms with Gasteiger partial charge in [0.05, 0.1) is 11.3 Å². The Hall–Kier alpha value is -1.99. The average Bonchev–Trinajstić information content (AvgIpc) is 2.92.